The minimum absolute atomic E-state index is 0. The van der Waals surface area contributed by atoms with Gasteiger partial charge < -0.3 is 15.6 Å². The van der Waals surface area contributed by atoms with Gasteiger partial charge in [0.2, 0.25) is 0 Å². The summed E-state index contributed by atoms with van der Waals surface area (Å²) in [6.07, 6.45) is 1.99. The molecule has 1 atom stereocenters. The lowest BCUT2D eigenvalue weighted by atomic mass is 9.91. The zero-order chi connectivity index (χ0) is 15.5. The molecule has 5 heteroatoms. The number of likely N-dealkylation sites (tertiary alicyclic amines) is 1. The van der Waals surface area contributed by atoms with Crippen LogP contribution in [-0.2, 0) is 0 Å². The van der Waals surface area contributed by atoms with Gasteiger partial charge in [0.15, 0.2) is 0 Å². The second-order valence-corrected chi connectivity index (χ2v) is 6.14. The van der Waals surface area contributed by atoms with Crippen molar-refractivity contribution >= 4 is 18.3 Å². The Kier molecular flexibility index (Phi) is 5.85. The maximum absolute atomic E-state index is 12.6. The van der Waals surface area contributed by atoms with Crippen LogP contribution in [0.1, 0.15) is 30.3 Å². The van der Waals surface area contributed by atoms with Crippen molar-refractivity contribution in [1.82, 2.24) is 9.88 Å². The lowest BCUT2D eigenvalue weighted by Gasteiger charge is -2.33. The molecule has 1 aromatic carbocycles. The maximum Gasteiger partial charge on any atom is 0.270 e. The molecular formula is C18H24ClN3O. The average molecular weight is 334 g/mol. The first-order chi connectivity index (χ1) is 10.6. The molecule has 3 rings (SSSR count). The zero-order valence-electron chi connectivity index (χ0n) is 13.4. The number of aromatic nitrogens is 1. The summed E-state index contributed by atoms with van der Waals surface area (Å²) in [4.78, 5) is 17.8. The maximum atomic E-state index is 12.6. The van der Waals surface area contributed by atoms with E-state index in [1.54, 1.807) is 0 Å². The summed E-state index contributed by atoms with van der Waals surface area (Å²) in [6.45, 7) is 3.65. The van der Waals surface area contributed by atoms with E-state index in [0.717, 1.165) is 37.2 Å². The van der Waals surface area contributed by atoms with Crippen LogP contribution in [0.5, 0.6) is 0 Å². The fraction of sp³-hybridized carbons (Fsp3) is 0.389. The molecule has 23 heavy (non-hydrogen) atoms. The molecule has 1 aliphatic rings. The van der Waals surface area contributed by atoms with Crippen molar-refractivity contribution in [2.75, 3.05) is 13.1 Å². The van der Waals surface area contributed by atoms with Gasteiger partial charge in [0.05, 0.1) is 0 Å². The van der Waals surface area contributed by atoms with Crippen LogP contribution in [0.25, 0.3) is 11.3 Å². The van der Waals surface area contributed by atoms with Gasteiger partial charge in [-0.05, 0) is 43.4 Å². The topological polar surface area (TPSA) is 62.1 Å². The molecule has 0 bridgehead atoms. The quantitative estimate of drug-likeness (QED) is 0.905. The van der Waals surface area contributed by atoms with Gasteiger partial charge in [0.25, 0.3) is 5.91 Å². The first-order valence-corrected chi connectivity index (χ1v) is 7.94. The largest absolute Gasteiger partial charge is 0.351 e. The van der Waals surface area contributed by atoms with Crippen LogP contribution in [0.15, 0.2) is 42.5 Å². The van der Waals surface area contributed by atoms with E-state index in [0.29, 0.717) is 11.6 Å². The first kappa shape index (κ1) is 17.6. The van der Waals surface area contributed by atoms with E-state index in [-0.39, 0.29) is 24.4 Å². The Morgan fingerprint density at radius 2 is 1.83 bits per heavy atom. The number of aromatic amines is 1. The van der Waals surface area contributed by atoms with Crippen molar-refractivity contribution in [3.05, 3.63) is 48.2 Å². The van der Waals surface area contributed by atoms with E-state index in [1.165, 1.54) is 0 Å². The number of carbonyl (C=O) groups excluding carboxylic acids is 1. The van der Waals surface area contributed by atoms with Crippen LogP contribution in [0.3, 0.4) is 0 Å². The Labute approximate surface area is 143 Å². The number of amides is 1. The Hall–Kier alpha value is -1.78. The molecule has 124 valence electrons. The highest BCUT2D eigenvalue weighted by Gasteiger charge is 2.26. The molecular weight excluding hydrogens is 310 g/mol. The number of halogens is 1. The highest BCUT2D eigenvalue weighted by Crippen LogP contribution is 2.22. The molecule has 0 spiro atoms. The molecule has 2 heterocycles. The van der Waals surface area contributed by atoms with Crippen molar-refractivity contribution in [2.24, 2.45) is 11.7 Å². The Bertz CT molecular complexity index is 631. The number of piperidine rings is 1. The summed E-state index contributed by atoms with van der Waals surface area (Å²) in [7, 11) is 0. The van der Waals surface area contributed by atoms with Crippen LogP contribution in [0.2, 0.25) is 0 Å². The molecule has 1 fully saturated rings. The highest BCUT2D eigenvalue weighted by molar-refractivity contribution is 5.93. The van der Waals surface area contributed by atoms with Crippen LogP contribution < -0.4 is 5.73 Å². The third-order valence-electron chi connectivity index (χ3n) is 4.57. The van der Waals surface area contributed by atoms with Gasteiger partial charge in [-0.25, -0.2) is 0 Å². The molecule has 1 unspecified atom stereocenters. The monoisotopic (exact) mass is 333 g/mol. The van der Waals surface area contributed by atoms with Crippen LogP contribution in [0, 0.1) is 5.92 Å². The number of H-pyrrole nitrogens is 1. The van der Waals surface area contributed by atoms with Gasteiger partial charge in [-0.15, -0.1) is 12.4 Å². The summed E-state index contributed by atoms with van der Waals surface area (Å²) in [6, 6.07) is 14.1. The van der Waals surface area contributed by atoms with E-state index in [4.69, 9.17) is 5.73 Å². The van der Waals surface area contributed by atoms with Gasteiger partial charge in [-0.1, -0.05) is 30.3 Å². The number of hydrogen-bond donors (Lipinski definition) is 2. The molecule has 4 nitrogen and oxygen atoms in total. The molecule has 1 amide bonds. The minimum Gasteiger partial charge on any atom is -0.351 e. The predicted molar refractivity (Wildman–Crippen MR) is 95.8 cm³/mol. The summed E-state index contributed by atoms with van der Waals surface area (Å²) in [5.74, 6) is 0.623. The van der Waals surface area contributed by atoms with Gasteiger partial charge >= 0.3 is 0 Å². The van der Waals surface area contributed by atoms with E-state index >= 15 is 0 Å². The third-order valence-corrected chi connectivity index (χ3v) is 4.57. The van der Waals surface area contributed by atoms with Gasteiger partial charge in [-0.2, -0.15) is 0 Å². The lowest BCUT2D eigenvalue weighted by molar-refractivity contribution is 0.0676. The fourth-order valence-corrected chi connectivity index (χ4v) is 3.10. The second-order valence-electron chi connectivity index (χ2n) is 6.14. The third kappa shape index (κ3) is 3.95. The van der Waals surface area contributed by atoms with E-state index in [9.17, 15) is 4.79 Å². The summed E-state index contributed by atoms with van der Waals surface area (Å²) in [5.41, 5.74) is 8.70. The Morgan fingerprint density at radius 1 is 1.17 bits per heavy atom. The zero-order valence-corrected chi connectivity index (χ0v) is 14.2. The summed E-state index contributed by atoms with van der Waals surface area (Å²) >= 11 is 0. The van der Waals surface area contributed by atoms with Crippen molar-refractivity contribution in [3.8, 4) is 11.3 Å². The van der Waals surface area contributed by atoms with Crippen molar-refractivity contribution in [2.45, 2.75) is 25.8 Å². The molecule has 0 aliphatic carbocycles. The second kappa shape index (κ2) is 7.66. The summed E-state index contributed by atoms with van der Waals surface area (Å²) in [5, 5.41) is 0. The standard InChI is InChI=1S/C18H23N3O.ClH/c1-13(19)14-9-11-21(12-10-14)18(22)17-8-7-16(20-17)15-5-3-2-4-6-15;/h2-8,13-14,20H,9-12,19H2,1H3;1H. The molecule has 2 aromatic rings. The van der Waals surface area contributed by atoms with Crippen LogP contribution in [-0.4, -0.2) is 34.9 Å². The summed E-state index contributed by atoms with van der Waals surface area (Å²) < 4.78 is 0. The highest BCUT2D eigenvalue weighted by atomic mass is 35.5. The molecule has 1 aliphatic heterocycles. The van der Waals surface area contributed by atoms with Crippen molar-refractivity contribution in [1.29, 1.82) is 0 Å². The van der Waals surface area contributed by atoms with Crippen molar-refractivity contribution in [3.63, 3.8) is 0 Å². The number of carbonyl (C=O) groups is 1. The van der Waals surface area contributed by atoms with Gasteiger partial charge in [0, 0.05) is 24.8 Å². The van der Waals surface area contributed by atoms with Crippen LogP contribution in [0.4, 0.5) is 0 Å². The molecule has 3 N–H and O–H groups in total. The lowest BCUT2D eigenvalue weighted by Crippen LogP contribution is -2.42. The number of nitrogens with one attached hydrogen (secondary N) is 1. The Morgan fingerprint density at radius 3 is 2.43 bits per heavy atom. The van der Waals surface area contributed by atoms with Gasteiger partial charge in [0.1, 0.15) is 5.69 Å². The normalized spacial score (nSPS) is 16.7. The van der Waals surface area contributed by atoms with Gasteiger partial charge in [-0.3, -0.25) is 4.79 Å². The molecule has 0 saturated carbocycles. The fourth-order valence-electron chi connectivity index (χ4n) is 3.10. The number of benzene rings is 1. The predicted octanol–water partition coefficient (Wildman–Crippen LogP) is 3.30. The number of nitrogens with two attached hydrogens (primary N) is 1. The Balaban J connectivity index is 0.00000192. The molecule has 0 radical (unpaired) electrons. The van der Waals surface area contributed by atoms with E-state index in [2.05, 4.69) is 11.9 Å². The average Bonchev–Trinajstić information content (AvgIpc) is 3.05. The first-order valence-electron chi connectivity index (χ1n) is 7.94. The number of hydrogen-bond acceptors (Lipinski definition) is 2. The molecule has 1 aromatic heterocycles. The number of nitrogens with zero attached hydrogens (tertiary/aromatic N) is 1. The van der Waals surface area contributed by atoms with E-state index in [1.807, 2.05) is 47.4 Å². The number of rotatable bonds is 3. The SMILES string of the molecule is CC(N)C1CCN(C(=O)c2ccc(-c3ccccc3)[nH]2)CC1.Cl. The van der Waals surface area contributed by atoms with Crippen LogP contribution >= 0.6 is 12.4 Å². The minimum atomic E-state index is 0. The van der Waals surface area contributed by atoms with E-state index < -0.39 is 0 Å². The smallest absolute Gasteiger partial charge is 0.270 e. The van der Waals surface area contributed by atoms with Crippen molar-refractivity contribution < 1.29 is 4.79 Å². The molecule has 1 saturated heterocycles.